The number of hydrogen-bond donors (Lipinski definition) is 1. The number of rotatable bonds is 2. The van der Waals surface area contributed by atoms with Crippen LogP contribution in [0.2, 0.25) is 10.0 Å². The van der Waals surface area contributed by atoms with E-state index in [9.17, 15) is 9.59 Å². The predicted molar refractivity (Wildman–Crippen MR) is 106 cm³/mol. The molecule has 1 aromatic rings. The van der Waals surface area contributed by atoms with Gasteiger partial charge < -0.3 is 15.1 Å². The standard InChI is InChI=1S/C18H23Cl2N3O2.ClH/c1-12-8-13(2-3-21-12)17(24)22-4-6-23(7-5-22)18(25)14-9-15(19)11-16(20)10-14;/h9-13,21H,2-8H2,1H3;1H/t12-,13-;/m0./s1. The zero-order valence-electron chi connectivity index (χ0n) is 14.7. The van der Waals surface area contributed by atoms with Crippen LogP contribution in [0.5, 0.6) is 0 Å². The first kappa shape index (κ1) is 21.3. The van der Waals surface area contributed by atoms with Crippen molar-refractivity contribution < 1.29 is 9.59 Å². The van der Waals surface area contributed by atoms with Gasteiger partial charge in [0.25, 0.3) is 5.91 Å². The summed E-state index contributed by atoms with van der Waals surface area (Å²) in [6.07, 6.45) is 1.78. The van der Waals surface area contributed by atoms with Gasteiger partial charge in [-0.05, 0) is 44.5 Å². The van der Waals surface area contributed by atoms with Crippen molar-refractivity contribution in [2.45, 2.75) is 25.8 Å². The second kappa shape index (κ2) is 9.27. The molecule has 0 saturated carbocycles. The maximum Gasteiger partial charge on any atom is 0.254 e. The highest BCUT2D eigenvalue weighted by Crippen LogP contribution is 2.22. The van der Waals surface area contributed by atoms with Crippen LogP contribution >= 0.6 is 35.6 Å². The number of carbonyl (C=O) groups is 2. The van der Waals surface area contributed by atoms with Gasteiger partial charge in [0.15, 0.2) is 0 Å². The average molecular weight is 421 g/mol. The van der Waals surface area contributed by atoms with E-state index in [4.69, 9.17) is 23.2 Å². The van der Waals surface area contributed by atoms with E-state index < -0.39 is 0 Å². The summed E-state index contributed by atoms with van der Waals surface area (Å²) in [6.45, 7) is 5.25. The van der Waals surface area contributed by atoms with Crippen molar-refractivity contribution in [2.75, 3.05) is 32.7 Å². The van der Waals surface area contributed by atoms with Gasteiger partial charge in [0.2, 0.25) is 5.91 Å². The van der Waals surface area contributed by atoms with E-state index >= 15 is 0 Å². The van der Waals surface area contributed by atoms with E-state index in [2.05, 4.69) is 12.2 Å². The number of piperidine rings is 1. The van der Waals surface area contributed by atoms with E-state index in [1.54, 1.807) is 23.1 Å². The lowest BCUT2D eigenvalue weighted by Crippen LogP contribution is -2.53. The molecular weight excluding hydrogens is 397 g/mol. The lowest BCUT2D eigenvalue weighted by atomic mass is 9.92. The van der Waals surface area contributed by atoms with Crippen LogP contribution in [0.4, 0.5) is 0 Å². The van der Waals surface area contributed by atoms with Gasteiger partial charge in [-0.1, -0.05) is 23.2 Å². The Bertz CT molecular complexity index is 643. The second-order valence-electron chi connectivity index (χ2n) is 6.85. The summed E-state index contributed by atoms with van der Waals surface area (Å²) in [4.78, 5) is 29.0. The molecule has 2 heterocycles. The Morgan fingerprint density at radius 1 is 1.04 bits per heavy atom. The molecule has 1 N–H and O–H groups in total. The van der Waals surface area contributed by atoms with Crippen molar-refractivity contribution in [3.8, 4) is 0 Å². The van der Waals surface area contributed by atoms with Gasteiger partial charge >= 0.3 is 0 Å². The molecule has 0 spiro atoms. The number of benzene rings is 1. The highest BCUT2D eigenvalue weighted by atomic mass is 35.5. The molecule has 0 radical (unpaired) electrons. The van der Waals surface area contributed by atoms with Gasteiger partial charge in [0, 0.05) is 53.7 Å². The lowest BCUT2D eigenvalue weighted by molar-refractivity contribution is -0.138. The fourth-order valence-electron chi connectivity index (χ4n) is 3.60. The topological polar surface area (TPSA) is 52.7 Å². The van der Waals surface area contributed by atoms with Gasteiger partial charge in [-0.2, -0.15) is 0 Å². The van der Waals surface area contributed by atoms with Crippen LogP contribution in [-0.2, 0) is 4.79 Å². The minimum Gasteiger partial charge on any atom is -0.339 e. The maximum absolute atomic E-state index is 12.7. The van der Waals surface area contributed by atoms with E-state index in [0.29, 0.717) is 47.8 Å². The minimum absolute atomic E-state index is 0. The van der Waals surface area contributed by atoms with Crippen molar-refractivity contribution in [1.29, 1.82) is 0 Å². The number of nitrogens with one attached hydrogen (secondary N) is 1. The monoisotopic (exact) mass is 419 g/mol. The Morgan fingerprint density at radius 3 is 2.19 bits per heavy atom. The smallest absolute Gasteiger partial charge is 0.254 e. The number of amides is 2. The summed E-state index contributed by atoms with van der Waals surface area (Å²) in [7, 11) is 0. The highest BCUT2D eigenvalue weighted by molar-refractivity contribution is 6.35. The van der Waals surface area contributed by atoms with E-state index in [1.807, 2.05) is 4.90 Å². The van der Waals surface area contributed by atoms with Gasteiger partial charge in [0.05, 0.1) is 0 Å². The Hall–Kier alpha value is -1.01. The fourth-order valence-corrected chi connectivity index (χ4v) is 4.13. The van der Waals surface area contributed by atoms with Gasteiger partial charge in [-0.15, -0.1) is 12.4 Å². The molecule has 2 fully saturated rings. The summed E-state index contributed by atoms with van der Waals surface area (Å²) in [5, 5.41) is 4.27. The summed E-state index contributed by atoms with van der Waals surface area (Å²) < 4.78 is 0. The molecule has 26 heavy (non-hydrogen) atoms. The lowest BCUT2D eigenvalue weighted by Gasteiger charge is -2.38. The van der Waals surface area contributed by atoms with Crippen LogP contribution in [0.1, 0.15) is 30.1 Å². The summed E-state index contributed by atoms with van der Waals surface area (Å²) >= 11 is 12.0. The van der Waals surface area contributed by atoms with Crippen molar-refractivity contribution >= 4 is 47.4 Å². The summed E-state index contributed by atoms with van der Waals surface area (Å²) in [5.74, 6) is 0.239. The van der Waals surface area contributed by atoms with Crippen LogP contribution in [0.3, 0.4) is 0 Å². The van der Waals surface area contributed by atoms with E-state index in [0.717, 1.165) is 19.4 Å². The molecule has 2 saturated heterocycles. The SMILES string of the molecule is C[C@H]1C[C@@H](C(=O)N2CCN(C(=O)c3cc(Cl)cc(Cl)c3)CC2)CCN1.Cl. The minimum atomic E-state index is -0.0908. The zero-order valence-corrected chi connectivity index (χ0v) is 17.0. The number of carbonyl (C=O) groups excluding carboxylic acids is 2. The third-order valence-corrected chi connectivity index (χ3v) is 5.40. The molecule has 5 nitrogen and oxygen atoms in total. The van der Waals surface area contributed by atoms with Crippen LogP contribution in [0.25, 0.3) is 0 Å². The molecule has 2 aliphatic rings. The maximum atomic E-state index is 12.7. The van der Waals surface area contributed by atoms with Crippen molar-refractivity contribution in [1.82, 2.24) is 15.1 Å². The summed E-state index contributed by atoms with van der Waals surface area (Å²) in [5.41, 5.74) is 0.490. The van der Waals surface area contributed by atoms with Gasteiger partial charge in [-0.25, -0.2) is 0 Å². The first-order chi connectivity index (χ1) is 11.9. The molecule has 144 valence electrons. The Morgan fingerprint density at radius 2 is 1.62 bits per heavy atom. The molecule has 1 aromatic carbocycles. The van der Waals surface area contributed by atoms with Crippen LogP contribution in [-0.4, -0.2) is 60.4 Å². The fraction of sp³-hybridized carbons (Fsp3) is 0.556. The first-order valence-electron chi connectivity index (χ1n) is 8.71. The molecule has 2 atom stereocenters. The third kappa shape index (κ3) is 5.03. The molecule has 2 aliphatic heterocycles. The Kier molecular flexibility index (Phi) is 7.59. The quantitative estimate of drug-likeness (QED) is 0.800. The van der Waals surface area contributed by atoms with Gasteiger partial charge in [-0.3, -0.25) is 9.59 Å². The van der Waals surface area contributed by atoms with Crippen LogP contribution in [0.15, 0.2) is 18.2 Å². The van der Waals surface area contributed by atoms with Crippen molar-refractivity contribution in [3.63, 3.8) is 0 Å². The van der Waals surface area contributed by atoms with Crippen LogP contribution in [0, 0.1) is 5.92 Å². The summed E-state index contributed by atoms with van der Waals surface area (Å²) in [6, 6.07) is 5.25. The molecule has 0 unspecified atom stereocenters. The molecular formula is C18H24Cl3N3O2. The number of hydrogen-bond acceptors (Lipinski definition) is 3. The van der Waals surface area contributed by atoms with Gasteiger partial charge in [0.1, 0.15) is 0 Å². The normalized spacial score (nSPS) is 23.3. The first-order valence-corrected chi connectivity index (χ1v) is 9.47. The average Bonchev–Trinajstić information content (AvgIpc) is 2.60. The van der Waals surface area contributed by atoms with Crippen LogP contribution < -0.4 is 5.32 Å². The third-order valence-electron chi connectivity index (χ3n) is 4.96. The van der Waals surface area contributed by atoms with E-state index in [-0.39, 0.29) is 30.1 Å². The van der Waals surface area contributed by atoms with Crippen molar-refractivity contribution in [2.24, 2.45) is 5.92 Å². The predicted octanol–water partition coefficient (Wildman–Crippen LogP) is 3.09. The number of piperazine rings is 1. The Labute approximate surface area is 170 Å². The molecule has 8 heteroatoms. The second-order valence-corrected chi connectivity index (χ2v) is 7.72. The number of halogens is 3. The molecule has 0 aliphatic carbocycles. The molecule has 0 bridgehead atoms. The highest BCUT2D eigenvalue weighted by Gasteiger charge is 2.31. The number of nitrogens with zero attached hydrogens (tertiary/aromatic N) is 2. The Balaban J connectivity index is 0.00000243. The van der Waals surface area contributed by atoms with E-state index in [1.165, 1.54) is 0 Å². The van der Waals surface area contributed by atoms with Crippen molar-refractivity contribution in [3.05, 3.63) is 33.8 Å². The largest absolute Gasteiger partial charge is 0.339 e. The molecule has 0 aromatic heterocycles. The zero-order chi connectivity index (χ0) is 18.0. The molecule has 2 amide bonds. The molecule has 3 rings (SSSR count).